The highest BCUT2D eigenvalue weighted by Gasteiger charge is 2.37. The zero-order valence-electron chi connectivity index (χ0n) is 51.3. The number of methoxy groups -OCH3 is 4. The predicted molar refractivity (Wildman–Crippen MR) is 362 cm³/mol. The second-order valence-corrected chi connectivity index (χ2v) is 23.6. The molecule has 18 nitrogen and oxygen atoms in total. The molecule has 0 spiro atoms. The first-order valence-corrected chi connectivity index (χ1v) is 31.8. The number of hydrogen-bond acceptors (Lipinski definition) is 18. The Balaban J connectivity index is 0.0000106. The first kappa shape index (κ1) is 69.1. The van der Waals surface area contributed by atoms with Crippen LogP contribution in [0.2, 0.25) is 10.0 Å². The normalized spacial score (nSPS) is 10.8. The SMILES string of the molecule is C.COC(=O)Cc1ccccc1OP(Oc1ccccc1CC(=O)OC)Oc1c(C(=O)Oc2ccc(Cl)cc2C)cc2ccccc2c1-c1c(OP(Oc2ccccc2CC(=O)OC)Oc2ccccc2CC(=O)OC)c(C(=O)Oc2ccc(Cl)cc2C)cc2ccccc12. The summed E-state index contributed by atoms with van der Waals surface area (Å²) in [6.07, 6.45) is -1.03. The van der Waals surface area contributed by atoms with E-state index in [0.717, 1.165) is 0 Å². The zero-order chi connectivity index (χ0) is 66.4. The zero-order valence-corrected chi connectivity index (χ0v) is 54.6. The van der Waals surface area contributed by atoms with E-state index in [1.807, 2.05) is 0 Å². The van der Waals surface area contributed by atoms with E-state index in [4.69, 9.17) is 78.8 Å². The second-order valence-electron chi connectivity index (χ2n) is 20.7. The summed E-state index contributed by atoms with van der Waals surface area (Å²) >= 11 is 12.9. The molecule has 0 heterocycles. The van der Waals surface area contributed by atoms with Crippen LogP contribution in [0.3, 0.4) is 0 Å². The Morgan fingerprint density at radius 2 is 0.632 bits per heavy atom. The van der Waals surface area contributed by atoms with Crippen molar-refractivity contribution in [3.05, 3.63) is 249 Å². The number of benzene rings is 10. The summed E-state index contributed by atoms with van der Waals surface area (Å²) in [5.74, 6) is -4.18. The summed E-state index contributed by atoms with van der Waals surface area (Å²) in [5.41, 5.74) is 2.10. The molecular formula is C73H62Cl2O18P2. The molecule has 0 radical (unpaired) electrons. The number of aryl methyl sites for hydroxylation is 2. The number of esters is 6. The van der Waals surface area contributed by atoms with Gasteiger partial charge in [0.15, 0.2) is 11.5 Å². The van der Waals surface area contributed by atoms with Crippen LogP contribution in [0.1, 0.15) is 61.5 Å². The van der Waals surface area contributed by atoms with E-state index in [1.54, 1.807) is 208 Å². The fourth-order valence-corrected chi connectivity index (χ4v) is 12.6. The van der Waals surface area contributed by atoms with Gasteiger partial charge in [0, 0.05) is 43.4 Å². The van der Waals surface area contributed by atoms with Crippen LogP contribution >= 0.6 is 40.4 Å². The fraction of sp³-hybridized carbons (Fsp3) is 0.151. The number of halogens is 2. The molecule has 10 aromatic rings. The van der Waals surface area contributed by atoms with E-state index in [9.17, 15) is 19.2 Å². The molecule has 22 heteroatoms. The topological polar surface area (TPSA) is 213 Å². The highest BCUT2D eigenvalue weighted by atomic mass is 35.5. The van der Waals surface area contributed by atoms with Gasteiger partial charge in [-0.15, -0.1) is 0 Å². The summed E-state index contributed by atoms with van der Waals surface area (Å²) in [6.45, 7) is 3.43. The Kier molecular flexibility index (Phi) is 23.3. The van der Waals surface area contributed by atoms with Gasteiger partial charge in [-0.2, -0.15) is 0 Å². The summed E-state index contributed by atoms with van der Waals surface area (Å²) in [7, 11) is -0.931. The molecular weight excluding hydrogens is 1300 g/mol. The van der Waals surface area contributed by atoms with E-state index in [0.29, 0.717) is 65.0 Å². The molecule has 0 aliphatic rings. The van der Waals surface area contributed by atoms with Crippen molar-refractivity contribution in [2.75, 3.05) is 28.4 Å². The smallest absolute Gasteiger partial charge is 0.469 e. The van der Waals surface area contributed by atoms with Crippen LogP contribution in [0.15, 0.2) is 194 Å². The van der Waals surface area contributed by atoms with Gasteiger partial charge >= 0.3 is 53.0 Å². The van der Waals surface area contributed by atoms with Gasteiger partial charge in [-0.05, 0) is 119 Å². The summed E-state index contributed by atoms with van der Waals surface area (Å²) in [5, 5.41) is 2.40. The van der Waals surface area contributed by atoms with Crippen LogP contribution in [0.5, 0.6) is 46.0 Å². The Morgan fingerprint density at radius 3 is 0.926 bits per heavy atom. The lowest BCUT2D eigenvalue weighted by Gasteiger charge is -2.27. The lowest BCUT2D eigenvalue weighted by Crippen LogP contribution is -2.16. The third kappa shape index (κ3) is 17.0. The molecule has 0 unspecified atom stereocenters. The molecule has 0 aliphatic heterocycles. The first-order chi connectivity index (χ1) is 45.5. The summed E-state index contributed by atoms with van der Waals surface area (Å²) in [4.78, 5) is 83.6. The minimum absolute atomic E-state index is 0. The Hall–Kier alpha value is -10.2. The van der Waals surface area contributed by atoms with Crippen LogP contribution in [-0.4, -0.2) is 64.3 Å². The largest absolute Gasteiger partial charge is 0.530 e. The summed E-state index contributed by atoms with van der Waals surface area (Å²) in [6, 6.07) is 53.1. The fourth-order valence-electron chi connectivity index (χ4n) is 9.86. The highest BCUT2D eigenvalue weighted by molar-refractivity contribution is 7.43. The van der Waals surface area contributed by atoms with Crippen LogP contribution in [0.4, 0.5) is 0 Å². The standard InChI is InChI=1S/C72H58Cl2O18P2.CH4/c1-43-35-51(73)31-33-57(43)85-71(79)55-37-45-19-7-13-25-53(45)67(69(55)91-93(87-59-27-15-9-21-47(59)39-63(75)81-3)88-60-28-16-10-22-48(60)40-64(76)82-4)68-54-26-14-8-20-46(54)38-56(72(80)86-58-34-32-52(74)36-44(58)2)70(68)92-94(89-61-29-17-11-23-49(61)41-65(77)83-5)90-62-30-18-12-24-50(62)42-66(78)84-6;/h7-38H,39-42H2,1-6H3;1H4. The Morgan fingerprint density at radius 1 is 0.347 bits per heavy atom. The Bertz CT molecular complexity index is 4110. The number of carbonyl (C=O) groups excluding carboxylic acids is 6. The van der Waals surface area contributed by atoms with Crippen molar-refractivity contribution >= 4 is 97.8 Å². The van der Waals surface area contributed by atoms with E-state index >= 15 is 9.59 Å². The van der Waals surface area contributed by atoms with Gasteiger partial charge in [0.05, 0.1) is 54.1 Å². The van der Waals surface area contributed by atoms with Crippen molar-refractivity contribution in [2.24, 2.45) is 0 Å². The molecule has 10 rings (SSSR count). The molecule has 0 aromatic heterocycles. The predicted octanol–water partition coefficient (Wildman–Crippen LogP) is 17.0. The quantitative estimate of drug-likeness (QED) is 0.0225. The lowest BCUT2D eigenvalue weighted by atomic mass is 9.88. The van der Waals surface area contributed by atoms with Crippen LogP contribution in [0, 0.1) is 13.8 Å². The van der Waals surface area contributed by atoms with Crippen LogP contribution in [0.25, 0.3) is 32.7 Å². The average Bonchev–Trinajstić information content (AvgIpc) is 0.730. The van der Waals surface area contributed by atoms with Crippen LogP contribution < -0.4 is 36.6 Å². The highest BCUT2D eigenvalue weighted by Crippen LogP contribution is 2.56. The minimum atomic E-state index is -2.97. The molecule has 0 bridgehead atoms. The van der Waals surface area contributed by atoms with Gasteiger partial charge in [0.25, 0.3) is 0 Å². The summed E-state index contributed by atoms with van der Waals surface area (Å²) < 4.78 is 75.0. The molecule has 0 saturated heterocycles. The molecule has 10 aromatic carbocycles. The number of carbonyl (C=O) groups is 6. The van der Waals surface area contributed by atoms with Gasteiger partial charge < -0.3 is 55.6 Å². The molecule has 0 aliphatic carbocycles. The van der Waals surface area contributed by atoms with Crippen molar-refractivity contribution in [3.63, 3.8) is 0 Å². The molecule has 0 atom stereocenters. The van der Waals surface area contributed by atoms with E-state index in [-0.39, 0.29) is 101 Å². The van der Waals surface area contributed by atoms with E-state index in [2.05, 4.69) is 0 Å². The lowest BCUT2D eigenvalue weighted by molar-refractivity contribution is -0.140. The maximum absolute atomic E-state index is 15.7. The first-order valence-electron chi connectivity index (χ1n) is 28.9. The molecule has 0 amide bonds. The third-order valence-corrected chi connectivity index (χ3v) is 17.1. The van der Waals surface area contributed by atoms with Crippen molar-refractivity contribution in [1.82, 2.24) is 0 Å². The van der Waals surface area contributed by atoms with Gasteiger partial charge in [0.2, 0.25) is 0 Å². The number of para-hydroxylation sites is 4. The van der Waals surface area contributed by atoms with E-state index in [1.165, 1.54) is 28.4 Å². The average molecular weight is 1360 g/mol. The van der Waals surface area contributed by atoms with Crippen molar-refractivity contribution in [2.45, 2.75) is 47.0 Å². The van der Waals surface area contributed by atoms with Gasteiger partial charge in [0.1, 0.15) is 45.6 Å². The third-order valence-electron chi connectivity index (χ3n) is 14.5. The second kappa shape index (κ2) is 32.1. The van der Waals surface area contributed by atoms with Crippen molar-refractivity contribution in [3.8, 4) is 57.1 Å². The van der Waals surface area contributed by atoms with Gasteiger partial charge in [-0.1, -0.05) is 152 Å². The van der Waals surface area contributed by atoms with Crippen molar-refractivity contribution < 1.29 is 84.3 Å². The molecule has 0 saturated carbocycles. The molecule has 486 valence electrons. The van der Waals surface area contributed by atoms with E-state index < -0.39 is 53.0 Å². The maximum Gasteiger partial charge on any atom is 0.530 e. The van der Waals surface area contributed by atoms with Crippen molar-refractivity contribution in [1.29, 1.82) is 0 Å². The molecule has 0 N–H and O–H groups in total. The Labute approximate surface area is 560 Å². The number of ether oxygens (including phenoxy) is 6. The minimum Gasteiger partial charge on any atom is -0.469 e. The molecule has 0 fully saturated rings. The maximum atomic E-state index is 15.7. The van der Waals surface area contributed by atoms with Gasteiger partial charge in [-0.3, -0.25) is 19.2 Å². The van der Waals surface area contributed by atoms with Gasteiger partial charge in [-0.25, -0.2) is 9.59 Å². The molecule has 95 heavy (non-hydrogen) atoms. The number of fused-ring (bicyclic) bond motifs is 2. The number of rotatable bonds is 25. The monoisotopic (exact) mass is 1360 g/mol. The number of hydrogen-bond donors (Lipinski definition) is 0. The van der Waals surface area contributed by atoms with Crippen LogP contribution in [-0.2, 0) is 63.8 Å².